The number of benzene rings is 4. The SMILES string of the molecule is C=C/C=C\C(=Cc1ccccc1)C1=CC(/C2=C/c3cccc(c3C)-c3c(ccc4c3Cc3ccccc3-4)C=C2)CC=C(C)N1. The average molecular weight is 568 g/mol. The summed E-state index contributed by atoms with van der Waals surface area (Å²) in [6, 6.07) is 30.8. The lowest BCUT2D eigenvalue weighted by Crippen LogP contribution is -2.12. The Morgan fingerprint density at radius 1 is 0.818 bits per heavy atom. The predicted molar refractivity (Wildman–Crippen MR) is 189 cm³/mol. The molecular formula is C43H37N. The Hall–Kier alpha value is -5.14. The Balaban J connectivity index is 1.36. The molecule has 2 bridgehead atoms. The van der Waals surface area contributed by atoms with Crippen LogP contribution >= 0.6 is 0 Å². The van der Waals surface area contributed by atoms with Gasteiger partial charge >= 0.3 is 0 Å². The largest absolute Gasteiger partial charge is 0.359 e. The molecule has 3 aliphatic rings. The van der Waals surface area contributed by atoms with Crippen LogP contribution in [0, 0.1) is 12.8 Å². The van der Waals surface area contributed by atoms with Gasteiger partial charge in [0.15, 0.2) is 0 Å². The highest BCUT2D eigenvalue weighted by atomic mass is 14.9. The van der Waals surface area contributed by atoms with Crippen molar-refractivity contribution >= 4 is 18.2 Å². The van der Waals surface area contributed by atoms with E-state index in [-0.39, 0.29) is 5.92 Å². The van der Waals surface area contributed by atoms with E-state index in [2.05, 4.69) is 153 Å². The minimum Gasteiger partial charge on any atom is -0.359 e. The zero-order valence-electron chi connectivity index (χ0n) is 25.5. The van der Waals surface area contributed by atoms with Crippen LogP contribution in [0.15, 0.2) is 151 Å². The van der Waals surface area contributed by atoms with Gasteiger partial charge in [0.1, 0.15) is 0 Å². The van der Waals surface area contributed by atoms with Crippen molar-refractivity contribution < 1.29 is 0 Å². The standard InChI is InChI=1S/C43H37N/c1-4-5-14-37(25-31-12-7-6-8-13-31)42-28-35(20-19-29(2)44-42)34-22-21-32-23-24-40-39-17-10-9-15-36(39)27-41(40)43(32)38-18-11-16-33(26-34)30(38)3/h4-19,21-26,28,35,44H,1,20,27H2,2-3H3/b14-5-,22-21?,34-26+,37-25?. The Labute approximate surface area is 261 Å². The van der Waals surface area contributed by atoms with Crippen molar-refractivity contribution in [2.24, 2.45) is 5.92 Å². The summed E-state index contributed by atoms with van der Waals surface area (Å²) in [7, 11) is 0. The smallest absolute Gasteiger partial charge is 0.0421 e. The molecule has 214 valence electrons. The van der Waals surface area contributed by atoms with Crippen LogP contribution in [-0.4, -0.2) is 0 Å². The fraction of sp³-hybridized carbons (Fsp3) is 0.116. The van der Waals surface area contributed by atoms with E-state index in [1.807, 2.05) is 12.2 Å². The molecule has 1 heterocycles. The van der Waals surface area contributed by atoms with Gasteiger partial charge in [0, 0.05) is 17.3 Å². The van der Waals surface area contributed by atoms with Crippen LogP contribution in [0.4, 0.5) is 0 Å². The average Bonchev–Trinajstić information content (AvgIpc) is 3.31. The van der Waals surface area contributed by atoms with Crippen molar-refractivity contribution in [3.8, 4) is 22.3 Å². The normalized spacial score (nSPS) is 18.3. The molecule has 2 aliphatic carbocycles. The second-order valence-electron chi connectivity index (χ2n) is 11.9. The van der Waals surface area contributed by atoms with Crippen LogP contribution in [-0.2, 0) is 6.42 Å². The van der Waals surface area contributed by atoms with Crippen LogP contribution in [0.5, 0.6) is 0 Å². The topological polar surface area (TPSA) is 12.0 Å². The molecule has 0 spiro atoms. The van der Waals surface area contributed by atoms with E-state index >= 15 is 0 Å². The van der Waals surface area contributed by atoms with Gasteiger partial charge in [-0.25, -0.2) is 0 Å². The number of fused-ring (bicyclic) bond motifs is 8. The van der Waals surface area contributed by atoms with Gasteiger partial charge in [-0.3, -0.25) is 0 Å². The van der Waals surface area contributed by atoms with E-state index in [1.165, 1.54) is 61.2 Å². The summed E-state index contributed by atoms with van der Waals surface area (Å²) in [4.78, 5) is 0. The van der Waals surface area contributed by atoms with Crippen molar-refractivity contribution in [1.82, 2.24) is 5.32 Å². The Bertz CT molecular complexity index is 1960. The Morgan fingerprint density at radius 3 is 2.50 bits per heavy atom. The number of allylic oxidation sites excluding steroid dienone is 8. The van der Waals surface area contributed by atoms with Gasteiger partial charge in [-0.15, -0.1) is 0 Å². The third kappa shape index (κ3) is 5.27. The quantitative estimate of drug-likeness (QED) is 0.208. The summed E-state index contributed by atoms with van der Waals surface area (Å²) in [6.45, 7) is 8.37. The monoisotopic (exact) mass is 567 g/mol. The zero-order chi connectivity index (χ0) is 30.0. The van der Waals surface area contributed by atoms with Crippen LogP contribution in [0.3, 0.4) is 0 Å². The zero-order valence-corrected chi connectivity index (χ0v) is 25.5. The van der Waals surface area contributed by atoms with Crippen molar-refractivity contribution in [3.05, 3.63) is 184 Å². The minimum absolute atomic E-state index is 0.200. The summed E-state index contributed by atoms with van der Waals surface area (Å²) in [6.07, 6.45) is 22.0. The minimum atomic E-state index is 0.200. The van der Waals surface area contributed by atoms with Crippen molar-refractivity contribution in [1.29, 1.82) is 0 Å². The molecule has 0 saturated carbocycles. The highest BCUT2D eigenvalue weighted by Crippen LogP contribution is 2.45. The molecule has 0 aromatic heterocycles. The molecule has 1 N–H and O–H groups in total. The molecule has 1 nitrogen and oxygen atoms in total. The van der Waals surface area contributed by atoms with E-state index in [4.69, 9.17) is 0 Å². The van der Waals surface area contributed by atoms with E-state index in [0.29, 0.717) is 0 Å². The lowest BCUT2D eigenvalue weighted by Gasteiger charge is -2.16. The molecule has 1 atom stereocenters. The van der Waals surface area contributed by atoms with E-state index in [1.54, 1.807) is 0 Å². The number of rotatable bonds is 5. The van der Waals surface area contributed by atoms with E-state index in [0.717, 1.165) is 29.8 Å². The van der Waals surface area contributed by atoms with Crippen LogP contribution in [0.25, 0.3) is 40.5 Å². The van der Waals surface area contributed by atoms with Gasteiger partial charge in [0.25, 0.3) is 0 Å². The molecular weight excluding hydrogens is 530 g/mol. The molecule has 1 heteroatoms. The number of hydrogen-bond donors (Lipinski definition) is 1. The van der Waals surface area contributed by atoms with Crippen LogP contribution in [0.2, 0.25) is 0 Å². The third-order valence-corrected chi connectivity index (χ3v) is 9.09. The van der Waals surface area contributed by atoms with Gasteiger partial charge < -0.3 is 5.32 Å². The molecule has 44 heavy (non-hydrogen) atoms. The third-order valence-electron chi connectivity index (χ3n) is 9.09. The summed E-state index contributed by atoms with van der Waals surface area (Å²) in [5, 5.41) is 3.70. The first-order valence-corrected chi connectivity index (χ1v) is 15.5. The molecule has 0 fully saturated rings. The fourth-order valence-corrected chi connectivity index (χ4v) is 6.81. The van der Waals surface area contributed by atoms with Gasteiger partial charge in [-0.2, -0.15) is 0 Å². The first-order chi connectivity index (χ1) is 21.6. The first-order valence-electron chi connectivity index (χ1n) is 15.5. The van der Waals surface area contributed by atoms with Gasteiger partial charge in [-0.1, -0.05) is 140 Å². The lowest BCUT2D eigenvalue weighted by molar-refractivity contribution is 0.799. The maximum Gasteiger partial charge on any atom is 0.0421 e. The van der Waals surface area contributed by atoms with Crippen molar-refractivity contribution in [3.63, 3.8) is 0 Å². The van der Waals surface area contributed by atoms with Crippen molar-refractivity contribution in [2.75, 3.05) is 0 Å². The highest BCUT2D eigenvalue weighted by Gasteiger charge is 2.25. The van der Waals surface area contributed by atoms with Crippen LogP contribution in [0.1, 0.15) is 46.7 Å². The molecule has 4 aromatic carbocycles. The fourth-order valence-electron chi connectivity index (χ4n) is 6.81. The second-order valence-corrected chi connectivity index (χ2v) is 11.9. The summed E-state index contributed by atoms with van der Waals surface area (Å²) in [5.41, 5.74) is 18.1. The summed E-state index contributed by atoms with van der Waals surface area (Å²) in [5.74, 6) is 0.200. The molecule has 0 saturated heterocycles. The highest BCUT2D eigenvalue weighted by molar-refractivity contribution is 5.92. The summed E-state index contributed by atoms with van der Waals surface area (Å²) >= 11 is 0. The van der Waals surface area contributed by atoms with Gasteiger partial charge in [0.2, 0.25) is 0 Å². The van der Waals surface area contributed by atoms with Crippen molar-refractivity contribution in [2.45, 2.75) is 26.7 Å². The van der Waals surface area contributed by atoms with Gasteiger partial charge in [0.05, 0.1) is 0 Å². The van der Waals surface area contributed by atoms with E-state index < -0.39 is 0 Å². The first kappa shape index (κ1) is 27.7. The molecule has 4 aromatic rings. The Kier molecular flexibility index (Phi) is 7.46. The summed E-state index contributed by atoms with van der Waals surface area (Å²) < 4.78 is 0. The molecule has 7 rings (SSSR count). The molecule has 1 aliphatic heterocycles. The van der Waals surface area contributed by atoms with Gasteiger partial charge in [-0.05, 0) is 99.5 Å². The van der Waals surface area contributed by atoms with Crippen LogP contribution < -0.4 is 5.32 Å². The number of nitrogens with one attached hydrogen (secondary N) is 1. The maximum atomic E-state index is 3.92. The van der Waals surface area contributed by atoms with E-state index in [9.17, 15) is 0 Å². The predicted octanol–water partition coefficient (Wildman–Crippen LogP) is 10.9. The Morgan fingerprint density at radius 2 is 1.64 bits per heavy atom. The molecule has 0 radical (unpaired) electrons. The molecule has 1 unspecified atom stereocenters. The number of hydrogen-bond acceptors (Lipinski definition) is 1. The second kappa shape index (κ2) is 11.9. The maximum absolute atomic E-state index is 3.92. The molecule has 0 amide bonds. The lowest BCUT2D eigenvalue weighted by atomic mass is 9.87.